The van der Waals surface area contributed by atoms with E-state index in [0.29, 0.717) is 12.8 Å². The normalized spacial score (nSPS) is 27.1. The molecule has 1 N–H and O–H groups in total. The fourth-order valence-corrected chi connectivity index (χ4v) is 5.60. The molecule has 3 fully saturated rings. The summed E-state index contributed by atoms with van der Waals surface area (Å²) in [6.07, 6.45) is 8.78. The highest BCUT2D eigenvalue weighted by atomic mass is 32.2. The second-order valence-electron chi connectivity index (χ2n) is 7.02. The summed E-state index contributed by atoms with van der Waals surface area (Å²) in [6, 6.07) is 0. The van der Waals surface area contributed by atoms with E-state index >= 15 is 0 Å². The molecule has 2 aliphatic carbocycles. The Hall–Kier alpha value is -0.710. The van der Waals surface area contributed by atoms with Gasteiger partial charge in [0.05, 0.1) is 5.41 Å². The number of carbonyl (C=O) groups excluding carboxylic acids is 1. The van der Waals surface area contributed by atoms with Crippen LogP contribution < -0.4 is 0 Å². The number of amides is 1. The van der Waals surface area contributed by atoms with Crippen molar-refractivity contribution in [2.45, 2.75) is 62.5 Å². The van der Waals surface area contributed by atoms with Crippen molar-refractivity contribution in [2.75, 3.05) is 18.8 Å². The highest BCUT2D eigenvalue weighted by Crippen LogP contribution is 2.46. The maximum absolute atomic E-state index is 12.6. The molecule has 3 rings (SSSR count). The molecule has 0 radical (unpaired) electrons. The zero-order chi connectivity index (χ0) is 14.9. The molecular formula is C16H25NO3S. The van der Waals surface area contributed by atoms with E-state index in [4.69, 9.17) is 0 Å². The first-order chi connectivity index (χ1) is 10.1. The second kappa shape index (κ2) is 5.82. The van der Waals surface area contributed by atoms with E-state index in [1.807, 2.05) is 16.7 Å². The van der Waals surface area contributed by atoms with Crippen LogP contribution in [0.2, 0.25) is 0 Å². The number of carboxylic acids is 1. The molecule has 21 heavy (non-hydrogen) atoms. The zero-order valence-electron chi connectivity index (χ0n) is 12.6. The molecule has 5 heteroatoms. The van der Waals surface area contributed by atoms with Crippen molar-refractivity contribution < 1.29 is 14.7 Å². The summed E-state index contributed by atoms with van der Waals surface area (Å²) in [6.45, 7) is 1.63. The third kappa shape index (κ3) is 2.94. The van der Waals surface area contributed by atoms with Gasteiger partial charge in [-0.2, -0.15) is 11.8 Å². The molecule has 4 nitrogen and oxygen atoms in total. The Bertz CT molecular complexity index is 422. The van der Waals surface area contributed by atoms with E-state index in [0.717, 1.165) is 25.3 Å². The van der Waals surface area contributed by atoms with Crippen molar-refractivity contribution in [1.82, 2.24) is 4.90 Å². The second-order valence-corrected chi connectivity index (χ2v) is 8.59. The van der Waals surface area contributed by atoms with Crippen LogP contribution in [0.5, 0.6) is 0 Å². The Morgan fingerprint density at radius 3 is 2.33 bits per heavy atom. The van der Waals surface area contributed by atoms with Crippen LogP contribution in [-0.4, -0.2) is 45.5 Å². The number of thioether (sulfide) groups is 1. The van der Waals surface area contributed by atoms with E-state index in [1.165, 1.54) is 32.1 Å². The first-order valence-electron chi connectivity index (χ1n) is 8.21. The van der Waals surface area contributed by atoms with Crippen LogP contribution in [0.3, 0.4) is 0 Å². The highest BCUT2D eigenvalue weighted by molar-refractivity contribution is 8.00. The van der Waals surface area contributed by atoms with Crippen LogP contribution in [0.25, 0.3) is 0 Å². The minimum Gasteiger partial charge on any atom is -0.481 e. The molecule has 118 valence electrons. The maximum Gasteiger partial charge on any atom is 0.310 e. The van der Waals surface area contributed by atoms with Gasteiger partial charge in [0.15, 0.2) is 0 Å². The van der Waals surface area contributed by atoms with E-state index in [2.05, 4.69) is 0 Å². The molecule has 2 saturated carbocycles. The van der Waals surface area contributed by atoms with Gasteiger partial charge in [0.2, 0.25) is 5.91 Å². The lowest BCUT2D eigenvalue weighted by atomic mass is 9.66. The van der Waals surface area contributed by atoms with Crippen molar-refractivity contribution in [3.8, 4) is 0 Å². The van der Waals surface area contributed by atoms with Crippen LogP contribution in [-0.2, 0) is 9.59 Å². The van der Waals surface area contributed by atoms with Crippen molar-refractivity contribution >= 4 is 23.6 Å². The van der Waals surface area contributed by atoms with Gasteiger partial charge < -0.3 is 10.0 Å². The Morgan fingerprint density at radius 1 is 1.05 bits per heavy atom. The van der Waals surface area contributed by atoms with Crippen molar-refractivity contribution in [3.63, 3.8) is 0 Å². The summed E-state index contributed by atoms with van der Waals surface area (Å²) in [5.41, 5.74) is -0.749. The average molecular weight is 311 g/mol. The highest BCUT2D eigenvalue weighted by Gasteiger charge is 2.47. The van der Waals surface area contributed by atoms with Gasteiger partial charge in [-0.15, -0.1) is 0 Å². The third-order valence-corrected chi connectivity index (χ3v) is 7.16. The standard InChI is InChI=1S/C16H25NO3S/c18-13(11-15(14(19)20)5-4-6-15)17-9-10-21-16(12-17)7-2-1-3-8-16/h1-12H2,(H,19,20). The molecule has 1 aliphatic heterocycles. The van der Waals surface area contributed by atoms with Crippen molar-refractivity contribution in [2.24, 2.45) is 5.41 Å². The minimum atomic E-state index is -0.777. The molecular weight excluding hydrogens is 286 g/mol. The van der Waals surface area contributed by atoms with E-state index < -0.39 is 11.4 Å². The lowest BCUT2D eigenvalue weighted by molar-refractivity contribution is -0.159. The number of rotatable bonds is 3. The molecule has 1 heterocycles. The average Bonchev–Trinajstić information content (AvgIpc) is 2.43. The van der Waals surface area contributed by atoms with Gasteiger partial charge in [-0.25, -0.2) is 0 Å². The number of nitrogens with zero attached hydrogens (tertiary/aromatic N) is 1. The molecule has 0 unspecified atom stereocenters. The van der Waals surface area contributed by atoms with Gasteiger partial charge in [0.25, 0.3) is 0 Å². The van der Waals surface area contributed by atoms with Gasteiger partial charge in [-0.3, -0.25) is 9.59 Å². The van der Waals surface area contributed by atoms with Gasteiger partial charge in [-0.1, -0.05) is 25.7 Å². The van der Waals surface area contributed by atoms with Gasteiger partial charge in [-0.05, 0) is 25.7 Å². The minimum absolute atomic E-state index is 0.0716. The Labute approximate surface area is 130 Å². The molecule has 0 bridgehead atoms. The number of aliphatic carboxylic acids is 1. The van der Waals surface area contributed by atoms with Crippen molar-refractivity contribution in [1.29, 1.82) is 0 Å². The van der Waals surface area contributed by atoms with E-state index in [1.54, 1.807) is 0 Å². The number of hydrogen-bond donors (Lipinski definition) is 1. The fourth-order valence-electron chi connectivity index (χ4n) is 4.03. The van der Waals surface area contributed by atoms with Crippen LogP contribution in [0, 0.1) is 5.41 Å². The van der Waals surface area contributed by atoms with Gasteiger partial charge >= 0.3 is 5.97 Å². The Balaban J connectivity index is 1.63. The summed E-state index contributed by atoms with van der Waals surface area (Å²) in [5, 5.41) is 9.40. The number of carboxylic acid groups (broad SMARTS) is 1. The third-order valence-electron chi connectivity index (χ3n) is 5.62. The maximum atomic E-state index is 12.6. The molecule has 0 aromatic heterocycles. The molecule has 0 aromatic carbocycles. The smallest absolute Gasteiger partial charge is 0.310 e. The number of carbonyl (C=O) groups is 2. The molecule has 0 aromatic rings. The molecule has 1 amide bonds. The van der Waals surface area contributed by atoms with E-state index in [9.17, 15) is 14.7 Å². The van der Waals surface area contributed by atoms with Crippen LogP contribution in [0.4, 0.5) is 0 Å². The summed E-state index contributed by atoms with van der Waals surface area (Å²) in [7, 11) is 0. The monoisotopic (exact) mass is 311 g/mol. The molecule has 0 atom stereocenters. The summed E-state index contributed by atoms with van der Waals surface area (Å²) in [5.74, 6) is 0.300. The Kier molecular flexibility index (Phi) is 4.21. The van der Waals surface area contributed by atoms with Crippen LogP contribution in [0.1, 0.15) is 57.8 Å². The summed E-state index contributed by atoms with van der Waals surface area (Å²) >= 11 is 2.04. The van der Waals surface area contributed by atoms with Crippen molar-refractivity contribution in [3.05, 3.63) is 0 Å². The van der Waals surface area contributed by atoms with Gasteiger partial charge in [0.1, 0.15) is 0 Å². The SMILES string of the molecule is O=C(CC1(C(=O)O)CCC1)N1CCSC2(CCCCC2)C1. The summed E-state index contributed by atoms with van der Waals surface area (Å²) in [4.78, 5) is 26.0. The fraction of sp³-hybridized carbons (Fsp3) is 0.875. The lowest BCUT2D eigenvalue weighted by Gasteiger charge is -2.46. The van der Waals surface area contributed by atoms with E-state index in [-0.39, 0.29) is 17.1 Å². The number of hydrogen-bond acceptors (Lipinski definition) is 3. The summed E-state index contributed by atoms with van der Waals surface area (Å²) < 4.78 is 0.266. The topological polar surface area (TPSA) is 57.6 Å². The molecule has 3 aliphatic rings. The van der Waals surface area contributed by atoms with Crippen LogP contribution in [0.15, 0.2) is 0 Å². The largest absolute Gasteiger partial charge is 0.481 e. The predicted octanol–water partition coefficient (Wildman–Crippen LogP) is 2.91. The lowest BCUT2D eigenvalue weighted by Crippen LogP contribution is -2.52. The molecule has 1 saturated heterocycles. The van der Waals surface area contributed by atoms with Crippen LogP contribution >= 0.6 is 11.8 Å². The quantitative estimate of drug-likeness (QED) is 0.870. The zero-order valence-corrected chi connectivity index (χ0v) is 13.4. The predicted molar refractivity (Wildman–Crippen MR) is 83.4 cm³/mol. The Morgan fingerprint density at radius 2 is 1.76 bits per heavy atom. The first-order valence-corrected chi connectivity index (χ1v) is 9.19. The first kappa shape index (κ1) is 15.2. The van der Waals surface area contributed by atoms with Gasteiger partial charge in [0, 0.05) is 30.0 Å². The molecule has 1 spiro atoms.